The van der Waals surface area contributed by atoms with Crippen LogP contribution in [0.15, 0.2) is 48.7 Å². The molecule has 2 aromatic heterocycles. The predicted molar refractivity (Wildman–Crippen MR) is 91.9 cm³/mol. The van der Waals surface area contributed by atoms with E-state index in [1.54, 1.807) is 30.5 Å². The van der Waals surface area contributed by atoms with E-state index in [0.29, 0.717) is 5.75 Å². The number of rotatable bonds is 3. The summed E-state index contributed by atoms with van der Waals surface area (Å²) in [4.78, 5) is 11.0. The summed E-state index contributed by atoms with van der Waals surface area (Å²) in [6, 6.07) is 12.8. The minimum Gasteiger partial charge on any atom is -0.476 e. The smallest absolute Gasteiger partial charge is 0.362 e. The van der Waals surface area contributed by atoms with Crippen LogP contribution in [0.3, 0.4) is 0 Å². The van der Waals surface area contributed by atoms with Crippen LogP contribution in [-0.2, 0) is 0 Å². The molecule has 0 aliphatic carbocycles. The van der Waals surface area contributed by atoms with Gasteiger partial charge in [0, 0.05) is 16.5 Å². The van der Waals surface area contributed by atoms with Crippen molar-refractivity contribution in [2.75, 3.05) is 0 Å². The molecule has 0 amide bonds. The average Bonchev–Trinajstić information content (AvgIpc) is 3.29. The van der Waals surface area contributed by atoms with Crippen molar-refractivity contribution in [2.45, 2.75) is 0 Å². The molecule has 2 aromatic carbocycles. The third-order valence-corrected chi connectivity index (χ3v) is 3.59. The lowest BCUT2D eigenvalue weighted by atomic mass is 10.1. The third-order valence-electron chi connectivity index (χ3n) is 3.59. The van der Waals surface area contributed by atoms with Gasteiger partial charge in [-0.3, -0.25) is 5.10 Å². The molecule has 0 atom stereocenters. The molecule has 0 fully saturated rings. The predicted octanol–water partition coefficient (Wildman–Crippen LogP) is 2.57. The maximum atomic E-state index is 11.0. The fraction of sp³-hybridized carbons (Fsp3) is 0. The van der Waals surface area contributed by atoms with Gasteiger partial charge in [-0.2, -0.15) is 5.10 Å². The maximum Gasteiger partial charge on any atom is 0.362 e. The van der Waals surface area contributed by atoms with Gasteiger partial charge in [0.1, 0.15) is 5.75 Å². The van der Waals surface area contributed by atoms with Crippen molar-refractivity contribution < 1.29 is 14.6 Å². The summed E-state index contributed by atoms with van der Waals surface area (Å²) in [5.74, 6) is 5.36. The number of nitrogens with one attached hydrogen (secondary N) is 2. The van der Waals surface area contributed by atoms with Crippen LogP contribution in [-0.4, -0.2) is 36.7 Å². The van der Waals surface area contributed by atoms with E-state index in [0.717, 1.165) is 22.0 Å². The molecule has 0 aliphatic heterocycles. The highest BCUT2D eigenvalue weighted by Crippen LogP contribution is 2.21. The Morgan fingerprint density at radius 3 is 2.62 bits per heavy atom. The molecule has 0 radical (unpaired) electrons. The average molecular weight is 345 g/mol. The number of benzene rings is 2. The zero-order valence-electron chi connectivity index (χ0n) is 13.2. The standard InChI is InChI=1S/C18H11N5O3/c24-18(25)16-17(22-23-21-16)26-14-7-4-11(5-8-14)1-2-12-3-6-13-10-19-20-15(13)9-12/h3-10H,(H,19,20)(H,24,25)(H,21,22,23). The molecule has 0 spiro atoms. The van der Waals surface area contributed by atoms with Crippen molar-refractivity contribution in [3.8, 4) is 23.5 Å². The first-order chi connectivity index (χ1) is 12.7. The lowest BCUT2D eigenvalue weighted by Gasteiger charge is -2.02. The van der Waals surface area contributed by atoms with Crippen LogP contribution in [0.4, 0.5) is 0 Å². The summed E-state index contributed by atoms with van der Waals surface area (Å²) >= 11 is 0. The highest BCUT2D eigenvalue weighted by Gasteiger charge is 2.16. The molecule has 4 rings (SSSR count). The fourth-order valence-electron chi connectivity index (χ4n) is 2.31. The van der Waals surface area contributed by atoms with Gasteiger partial charge in [-0.25, -0.2) is 9.89 Å². The summed E-state index contributed by atoms with van der Waals surface area (Å²) in [5, 5.41) is 26.2. The summed E-state index contributed by atoms with van der Waals surface area (Å²) < 4.78 is 5.45. The Bertz CT molecular complexity index is 1150. The quantitative estimate of drug-likeness (QED) is 0.491. The van der Waals surface area contributed by atoms with Gasteiger partial charge in [0.05, 0.1) is 11.7 Å². The lowest BCUT2D eigenvalue weighted by Crippen LogP contribution is -1.99. The number of ether oxygens (including phenoxy) is 1. The molecule has 0 bridgehead atoms. The number of hydrogen-bond acceptors (Lipinski definition) is 5. The van der Waals surface area contributed by atoms with Crippen LogP contribution in [0.2, 0.25) is 0 Å². The molecule has 0 saturated heterocycles. The Labute approximate surface area is 146 Å². The number of aromatic nitrogens is 5. The summed E-state index contributed by atoms with van der Waals surface area (Å²) in [5.41, 5.74) is 2.32. The molecule has 2 heterocycles. The highest BCUT2D eigenvalue weighted by atomic mass is 16.5. The number of carbonyl (C=O) groups is 1. The second-order valence-electron chi connectivity index (χ2n) is 5.34. The highest BCUT2D eigenvalue weighted by molar-refractivity contribution is 5.87. The fourth-order valence-corrected chi connectivity index (χ4v) is 2.31. The molecule has 3 N–H and O–H groups in total. The van der Waals surface area contributed by atoms with Gasteiger partial charge < -0.3 is 9.84 Å². The van der Waals surface area contributed by atoms with E-state index in [9.17, 15) is 4.79 Å². The molecular formula is C18H11N5O3. The maximum absolute atomic E-state index is 11.0. The molecule has 0 aliphatic rings. The molecule has 8 heteroatoms. The number of nitrogens with zero attached hydrogens (tertiary/aromatic N) is 3. The molecule has 8 nitrogen and oxygen atoms in total. The molecular weight excluding hydrogens is 334 g/mol. The van der Waals surface area contributed by atoms with E-state index in [1.165, 1.54) is 0 Å². The van der Waals surface area contributed by atoms with Gasteiger partial charge in [0.15, 0.2) is 0 Å². The topological polar surface area (TPSA) is 117 Å². The van der Waals surface area contributed by atoms with Gasteiger partial charge >= 0.3 is 5.97 Å². The van der Waals surface area contributed by atoms with Gasteiger partial charge in [0.25, 0.3) is 5.88 Å². The number of aromatic amines is 2. The molecule has 0 saturated carbocycles. The van der Waals surface area contributed by atoms with Crippen LogP contribution in [0.25, 0.3) is 10.9 Å². The SMILES string of the molecule is O=C(O)c1nn[nH]c1Oc1ccc(C#Cc2ccc3cn[nH]c3c2)cc1. The van der Waals surface area contributed by atoms with Crippen molar-refractivity contribution in [3.63, 3.8) is 0 Å². The van der Waals surface area contributed by atoms with E-state index in [-0.39, 0.29) is 11.6 Å². The van der Waals surface area contributed by atoms with Crippen molar-refractivity contribution in [1.82, 2.24) is 25.6 Å². The van der Waals surface area contributed by atoms with Crippen molar-refractivity contribution in [2.24, 2.45) is 0 Å². The molecule has 126 valence electrons. The number of carboxylic acids is 1. The van der Waals surface area contributed by atoms with Crippen LogP contribution < -0.4 is 4.74 Å². The van der Waals surface area contributed by atoms with Crippen LogP contribution in [0.5, 0.6) is 11.6 Å². The summed E-state index contributed by atoms with van der Waals surface area (Å²) in [6.45, 7) is 0. The Balaban J connectivity index is 1.51. The summed E-state index contributed by atoms with van der Waals surface area (Å²) in [6.07, 6.45) is 1.76. The zero-order valence-corrected chi connectivity index (χ0v) is 13.2. The minimum absolute atomic E-state index is 0.0239. The lowest BCUT2D eigenvalue weighted by molar-refractivity contribution is 0.0687. The normalized spacial score (nSPS) is 10.3. The second-order valence-corrected chi connectivity index (χ2v) is 5.34. The zero-order chi connectivity index (χ0) is 17.9. The van der Waals surface area contributed by atoms with Crippen LogP contribution in [0.1, 0.15) is 21.6 Å². The van der Waals surface area contributed by atoms with Gasteiger partial charge in [0.2, 0.25) is 5.69 Å². The van der Waals surface area contributed by atoms with Crippen LogP contribution in [0, 0.1) is 11.8 Å². The van der Waals surface area contributed by atoms with Gasteiger partial charge in [-0.15, -0.1) is 5.10 Å². The minimum atomic E-state index is -1.22. The first-order valence-electron chi connectivity index (χ1n) is 7.56. The number of H-pyrrole nitrogens is 2. The number of carboxylic acid groups (broad SMARTS) is 1. The van der Waals surface area contributed by atoms with Crippen molar-refractivity contribution >= 4 is 16.9 Å². The Morgan fingerprint density at radius 1 is 1.04 bits per heavy atom. The number of fused-ring (bicyclic) bond motifs is 1. The van der Waals surface area contributed by atoms with Crippen LogP contribution >= 0.6 is 0 Å². The summed E-state index contributed by atoms with van der Waals surface area (Å²) in [7, 11) is 0. The number of hydrogen-bond donors (Lipinski definition) is 3. The van der Waals surface area contributed by atoms with E-state index >= 15 is 0 Å². The molecule has 4 aromatic rings. The first-order valence-corrected chi connectivity index (χ1v) is 7.56. The monoisotopic (exact) mass is 345 g/mol. The first kappa shape index (κ1) is 15.4. The third kappa shape index (κ3) is 3.09. The van der Waals surface area contributed by atoms with E-state index in [4.69, 9.17) is 9.84 Å². The van der Waals surface area contributed by atoms with E-state index in [2.05, 4.69) is 37.4 Å². The van der Waals surface area contributed by atoms with Crippen molar-refractivity contribution in [3.05, 3.63) is 65.5 Å². The Hall–Kier alpha value is -4.12. The van der Waals surface area contributed by atoms with E-state index in [1.807, 2.05) is 18.2 Å². The molecule has 26 heavy (non-hydrogen) atoms. The largest absolute Gasteiger partial charge is 0.476 e. The number of aromatic carboxylic acids is 1. The van der Waals surface area contributed by atoms with Gasteiger partial charge in [-0.05, 0) is 42.5 Å². The van der Waals surface area contributed by atoms with Gasteiger partial charge in [-0.1, -0.05) is 17.1 Å². The van der Waals surface area contributed by atoms with Crippen molar-refractivity contribution in [1.29, 1.82) is 0 Å². The molecule has 0 unspecified atom stereocenters. The van der Waals surface area contributed by atoms with E-state index < -0.39 is 5.97 Å². The second kappa shape index (κ2) is 6.41. The Kier molecular flexibility index (Phi) is 3.80. The Morgan fingerprint density at radius 2 is 1.81 bits per heavy atom.